The van der Waals surface area contributed by atoms with Crippen LogP contribution in [-0.2, 0) is 28.9 Å². The van der Waals surface area contributed by atoms with Crippen LogP contribution in [0.2, 0.25) is 5.02 Å². The number of ketones is 1. The van der Waals surface area contributed by atoms with Gasteiger partial charge in [-0.2, -0.15) is 0 Å². The zero-order chi connectivity index (χ0) is 28.4. The molecule has 3 aliphatic carbocycles. The highest BCUT2D eigenvalue weighted by Gasteiger charge is 2.73. The van der Waals surface area contributed by atoms with Gasteiger partial charge in [0.2, 0.25) is 17.6 Å². The zero-order valence-electron chi connectivity index (χ0n) is 20.8. The highest BCUT2D eigenvalue weighted by Crippen LogP contribution is 2.69. The van der Waals surface area contributed by atoms with Gasteiger partial charge >= 0.3 is 5.97 Å². The predicted molar refractivity (Wildman–Crippen MR) is 151 cm³/mol. The molecule has 0 saturated carbocycles. The summed E-state index contributed by atoms with van der Waals surface area (Å²) in [5.74, 6) is -4.66. The summed E-state index contributed by atoms with van der Waals surface area (Å²) in [5.41, 5.74) is 2.92. The molecule has 3 aromatic carbocycles. The number of imide groups is 1. The van der Waals surface area contributed by atoms with E-state index in [0.717, 1.165) is 4.90 Å². The highest BCUT2D eigenvalue weighted by molar-refractivity contribution is 6.36. The quantitative estimate of drug-likeness (QED) is 0.148. The van der Waals surface area contributed by atoms with Crippen molar-refractivity contribution in [2.45, 2.75) is 22.3 Å². The first-order chi connectivity index (χ1) is 19.1. The second-order valence-corrected chi connectivity index (χ2v) is 12.1. The minimum absolute atomic E-state index is 0.0437. The number of amides is 2. The van der Waals surface area contributed by atoms with Crippen molar-refractivity contribution in [3.63, 3.8) is 0 Å². The van der Waals surface area contributed by atoms with Crippen LogP contribution in [0.15, 0.2) is 72.8 Å². The van der Waals surface area contributed by atoms with Crippen molar-refractivity contribution in [1.82, 2.24) is 4.90 Å². The molecule has 1 aliphatic heterocycles. The first-order valence-electron chi connectivity index (χ1n) is 12.6. The van der Waals surface area contributed by atoms with Gasteiger partial charge in [-0.25, -0.2) is 0 Å². The van der Waals surface area contributed by atoms with E-state index in [1.807, 2.05) is 48.5 Å². The second kappa shape index (κ2) is 9.88. The first kappa shape index (κ1) is 27.3. The van der Waals surface area contributed by atoms with Crippen LogP contribution in [0.3, 0.4) is 0 Å². The van der Waals surface area contributed by atoms with Gasteiger partial charge in [0.1, 0.15) is 16.3 Å². The number of carbonyl (C=O) groups is 4. The average molecular weight is 617 g/mol. The number of rotatable bonds is 7. The Balaban J connectivity index is 1.31. The molecule has 4 aliphatic rings. The van der Waals surface area contributed by atoms with E-state index in [1.165, 1.54) is 12.1 Å². The summed E-state index contributed by atoms with van der Waals surface area (Å²) >= 11 is 26.6. The van der Waals surface area contributed by atoms with E-state index < -0.39 is 57.8 Å². The number of ether oxygens (including phenoxy) is 1. The van der Waals surface area contributed by atoms with Crippen molar-refractivity contribution < 1.29 is 23.9 Å². The molecule has 0 spiro atoms. The summed E-state index contributed by atoms with van der Waals surface area (Å²) in [6.07, 6.45) is -1.16. The van der Waals surface area contributed by atoms with Gasteiger partial charge in [0.05, 0.1) is 11.8 Å². The van der Waals surface area contributed by atoms with Crippen molar-refractivity contribution in [2.75, 3.05) is 12.4 Å². The third-order valence-corrected chi connectivity index (χ3v) is 9.78. The summed E-state index contributed by atoms with van der Waals surface area (Å²) in [6.45, 7) is -0.690. The van der Waals surface area contributed by atoms with E-state index >= 15 is 0 Å². The minimum Gasteiger partial charge on any atom is -0.453 e. The molecule has 1 fully saturated rings. The number of hydrogen-bond acceptors (Lipinski definition) is 5. The maximum Gasteiger partial charge on any atom is 0.326 e. The normalized spacial score (nSPS) is 26.6. The molecular formula is C30H21Cl4NO5. The van der Waals surface area contributed by atoms with Crippen molar-refractivity contribution in [3.05, 3.63) is 106 Å². The minimum atomic E-state index is -1.36. The SMILES string of the molecule is O=C(CN1C(=O)[C@@H]2[C@H](C1=O)C1(Cl)c3ccccc3C2(Cl)c2ccccc21)O[C@@H](CCCl)C(=O)c1ccc(Cl)cc1. The lowest BCUT2D eigenvalue weighted by Crippen LogP contribution is -2.57. The van der Waals surface area contributed by atoms with E-state index in [9.17, 15) is 19.2 Å². The maximum atomic E-state index is 13.9. The Morgan fingerprint density at radius 1 is 0.800 bits per heavy atom. The van der Waals surface area contributed by atoms with Crippen LogP contribution in [0.25, 0.3) is 0 Å². The highest BCUT2D eigenvalue weighted by atomic mass is 35.5. The molecule has 7 rings (SSSR count). The summed E-state index contributed by atoms with van der Waals surface area (Å²) < 4.78 is 5.47. The molecule has 10 heteroatoms. The number of halogens is 4. The van der Waals surface area contributed by atoms with Gasteiger partial charge in [-0.15, -0.1) is 34.8 Å². The fraction of sp³-hybridized carbons (Fsp3) is 0.267. The molecule has 40 heavy (non-hydrogen) atoms. The molecule has 0 N–H and O–H groups in total. The van der Waals surface area contributed by atoms with Crippen molar-refractivity contribution in [1.29, 1.82) is 0 Å². The fourth-order valence-electron chi connectivity index (χ4n) is 6.35. The lowest BCUT2D eigenvalue weighted by Gasteiger charge is -2.54. The van der Waals surface area contributed by atoms with Crippen LogP contribution in [0.1, 0.15) is 39.0 Å². The number of esters is 1. The Bertz CT molecular complexity index is 1450. The van der Waals surface area contributed by atoms with Crippen LogP contribution in [-0.4, -0.2) is 47.0 Å². The number of nitrogens with zero attached hydrogens (tertiary/aromatic N) is 1. The van der Waals surface area contributed by atoms with Crippen LogP contribution in [0.5, 0.6) is 0 Å². The Hall–Kier alpha value is -2.90. The third-order valence-electron chi connectivity index (χ3n) is 8.03. The number of hydrogen-bond donors (Lipinski definition) is 0. The van der Waals surface area contributed by atoms with Gasteiger partial charge in [-0.1, -0.05) is 60.1 Å². The molecule has 3 aromatic rings. The lowest BCUT2D eigenvalue weighted by molar-refractivity contribution is -0.155. The van der Waals surface area contributed by atoms with Crippen LogP contribution >= 0.6 is 46.4 Å². The number of likely N-dealkylation sites (tertiary alicyclic amines) is 1. The van der Waals surface area contributed by atoms with Gasteiger partial charge in [0.15, 0.2) is 6.10 Å². The number of alkyl halides is 3. The Kier molecular flexibility index (Phi) is 6.74. The Morgan fingerprint density at radius 2 is 1.25 bits per heavy atom. The van der Waals surface area contributed by atoms with Gasteiger partial charge in [-0.3, -0.25) is 24.1 Å². The maximum absolute atomic E-state index is 13.9. The average Bonchev–Trinajstić information content (AvgIpc) is 3.21. The van der Waals surface area contributed by atoms with Gasteiger partial charge in [0, 0.05) is 22.9 Å². The Labute approximate surface area is 250 Å². The van der Waals surface area contributed by atoms with E-state index in [4.69, 9.17) is 51.1 Å². The standard InChI is InChI=1S/C30H21Cl4NO5/c31-14-13-22(26(37)16-9-11-17(32)12-10-16)40-23(36)15-35-27(38)24-25(28(35)39)30(34)19-6-2-1-5-18(19)29(24,33)20-7-3-4-8-21(20)30/h1-12,22,24-25H,13-15H2/t22-,24-,25+,29?,30?/m0/s1. The molecule has 204 valence electrons. The predicted octanol–water partition coefficient (Wildman–Crippen LogP) is 5.66. The fourth-order valence-corrected chi connectivity index (χ4v) is 7.77. The van der Waals surface area contributed by atoms with Gasteiger partial charge in [0.25, 0.3) is 0 Å². The summed E-state index contributed by atoms with van der Waals surface area (Å²) in [4.78, 5) is 52.1. The summed E-state index contributed by atoms with van der Waals surface area (Å²) in [7, 11) is 0. The molecule has 6 nitrogen and oxygen atoms in total. The smallest absolute Gasteiger partial charge is 0.326 e. The molecule has 0 aromatic heterocycles. The third kappa shape index (κ3) is 3.77. The van der Waals surface area contributed by atoms with Crippen molar-refractivity contribution in [3.8, 4) is 0 Å². The Morgan fingerprint density at radius 3 is 1.68 bits per heavy atom. The zero-order valence-corrected chi connectivity index (χ0v) is 23.8. The van der Waals surface area contributed by atoms with Crippen molar-refractivity contribution in [2.24, 2.45) is 11.8 Å². The van der Waals surface area contributed by atoms with Gasteiger partial charge < -0.3 is 4.74 Å². The molecule has 0 radical (unpaired) electrons. The second-order valence-electron chi connectivity index (χ2n) is 10.1. The monoisotopic (exact) mass is 615 g/mol. The van der Waals surface area contributed by atoms with E-state index in [0.29, 0.717) is 27.3 Å². The molecule has 1 heterocycles. The topological polar surface area (TPSA) is 80.8 Å². The molecule has 3 atom stereocenters. The summed E-state index contributed by atoms with van der Waals surface area (Å²) in [6, 6.07) is 20.7. The lowest BCUT2D eigenvalue weighted by atomic mass is 9.54. The molecule has 2 amide bonds. The number of carbonyl (C=O) groups excluding carboxylic acids is 4. The number of Topliss-reactive ketones (excluding diaryl/α,β-unsaturated/α-hetero) is 1. The first-order valence-corrected chi connectivity index (χ1v) is 14.3. The van der Waals surface area contributed by atoms with Crippen molar-refractivity contribution >= 4 is 70.0 Å². The largest absolute Gasteiger partial charge is 0.453 e. The van der Waals surface area contributed by atoms with Crippen LogP contribution < -0.4 is 0 Å². The summed E-state index contributed by atoms with van der Waals surface area (Å²) in [5, 5.41) is 0.447. The molecule has 2 bridgehead atoms. The number of benzene rings is 3. The molecular weight excluding hydrogens is 596 g/mol. The van der Waals surface area contributed by atoms with Crippen LogP contribution in [0.4, 0.5) is 0 Å². The molecule has 1 saturated heterocycles. The van der Waals surface area contributed by atoms with Crippen LogP contribution in [0, 0.1) is 11.8 Å². The van der Waals surface area contributed by atoms with E-state index in [2.05, 4.69) is 0 Å². The molecule has 0 unspecified atom stereocenters. The van der Waals surface area contributed by atoms with Gasteiger partial charge in [-0.05, 0) is 46.5 Å². The van der Waals surface area contributed by atoms with E-state index in [-0.39, 0.29) is 17.9 Å². The van der Waals surface area contributed by atoms with E-state index in [1.54, 1.807) is 12.1 Å².